The van der Waals surface area contributed by atoms with Gasteiger partial charge >= 0.3 is 0 Å². The van der Waals surface area contributed by atoms with Crippen LogP contribution in [0, 0.1) is 18.6 Å². The van der Waals surface area contributed by atoms with Crippen molar-refractivity contribution in [2.24, 2.45) is 0 Å². The molecular formula is C22H21F2N3. The minimum atomic E-state index is -0.249. The second-order valence-corrected chi connectivity index (χ2v) is 6.83. The Hall–Kier alpha value is -3.08. The van der Waals surface area contributed by atoms with Crippen LogP contribution < -0.4 is 14.7 Å². The summed E-state index contributed by atoms with van der Waals surface area (Å²) in [5.41, 5.74) is 4.21. The molecule has 1 saturated heterocycles. The largest absolute Gasteiger partial charge is 0.336 e. The SMILES string of the molecule is Cc1ccc(N2CN(c3ccc(F)cc3)CN(c3ccc(F)cc3)C2)cc1. The molecule has 0 spiro atoms. The molecule has 3 aromatic carbocycles. The summed E-state index contributed by atoms with van der Waals surface area (Å²) in [6.45, 7) is 4.08. The fourth-order valence-corrected chi connectivity index (χ4v) is 3.30. The second kappa shape index (κ2) is 7.27. The van der Waals surface area contributed by atoms with E-state index in [2.05, 4.69) is 45.9 Å². The predicted octanol–water partition coefficient (Wildman–Crippen LogP) is 4.98. The molecule has 5 heteroatoms. The minimum absolute atomic E-state index is 0.249. The lowest BCUT2D eigenvalue weighted by Crippen LogP contribution is -2.55. The average molecular weight is 365 g/mol. The van der Waals surface area contributed by atoms with Crippen LogP contribution in [0.3, 0.4) is 0 Å². The molecule has 1 heterocycles. The molecule has 4 rings (SSSR count). The third-order valence-electron chi connectivity index (χ3n) is 4.81. The minimum Gasteiger partial charge on any atom is -0.336 e. The Morgan fingerprint density at radius 2 is 0.815 bits per heavy atom. The first-order valence-corrected chi connectivity index (χ1v) is 8.91. The highest BCUT2D eigenvalue weighted by atomic mass is 19.1. The van der Waals surface area contributed by atoms with E-state index in [0.29, 0.717) is 20.0 Å². The van der Waals surface area contributed by atoms with Crippen molar-refractivity contribution in [3.05, 3.63) is 90.0 Å². The highest BCUT2D eigenvalue weighted by Gasteiger charge is 2.24. The molecule has 0 bridgehead atoms. The number of rotatable bonds is 3. The fraction of sp³-hybridized carbons (Fsp3) is 0.182. The molecule has 0 unspecified atom stereocenters. The lowest BCUT2D eigenvalue weighted by atomic mass is 10.2. The number of aryl methyl sites for hydroxylation is 1. The standard InChI is InChI=1S/C22H21F2N3/c1-17-2-8-20(9-3-17)25-14-26(21-10-4-18(23)5-11-21)16-27(15-25)22-12-6-19(24)7-13-22/h2-13H,14-16H2,1H3. The first-order valence-electron chi connectivity index (χ1n) is 8.91. The molecule has 138 valence electrons. The third-order valence-corrected chi connectivity index (χ3v) is 4.81. The molecule has 0 amide bonds. The van der Waals surface area contributed by atoms with Gasteiger partial charge in [-0.2, -0.15) is 0 Å². The normalized spacial score (nSPS) is 14.6. The van der Waals surface area contributed by atoms with E-state index >= 15 is 0 Å². The van der Waals surface area contributed by atoms with Crippen LogP contribution in [0.4, 0.5) is 25.8 Å². The van der Waals surface area contributed by atoms with Crippen molar-refractivity contribution in [2.45, 2.75) is 6.92 Å². The summed E-state index contributed by atoms with van der Waals surface area (Å²) in [6.07, 6.45) is 0. The monoisotopic (exact) mass is 365 g/mol. The number of benzene rings is 3. The molecular weight excluding hydrogens is 344 g/mol. The molecule has 0 N–H and O–H groups in total. The molecule has 1 fully saturated rings. The zero-order valence-corrected chi connectivity index (χ0v) is 15.1. The van der Waals surface area contributed by atoms with Crippen LogP contribution >= 0.6 is 0 Å². The lowest BCUT2D eigenvalue weighted by molar-refractivity contribution is 0.604. The van der Waals surface area contributed by atoms with E-state index in [9.17, 15) is 8.78 Å². The van der Waals surface area contributed by atoms with Crippen molar-refractivity contribution >= 4 is 17.1 Å². The zero-order valence-electron chi connectivity index (χ0n) is 15.1. The molecule has 3 nitrogen and oxygen atoms in total. The van der Waals surface area contributed by atoms with Gasteiger partial charge in [0.05, 0.1) is 20.0 Å². The molecule has 0 aromatic heterocycles. The van der Waals surface area contributed by atoms with E-state index in [1.165, 1.54) is 29.8 Å². The van der Waals surface area contributed by atoms with E-state index in [-0.39, 0.29) is 11.6 Å². The van der Waals surface area contributed by atoms with Crippen LogP contribution in [-0.2, 0) is 0 Å². The average Bonchev–Trinajstić information content (AvgIpc) is 2.69. The number of halogens is 2. The third kappa shape index (κ3) is 3.87. The van der Waals surface area contributed by atoms with Crippen molar-refractivity contribution in [2.75, 3.05) is 34.7 Å². The topological polar surface area (TPSA) is 9.72 Å². The van der Waals surface area contributed by atoms with Crippen LogP contribution in [0.1, 0.15) is 5.56 Å². The van der Waals surface area contributed by atoms with E-state index in [1.807, 2.05) is 0 Å². The molecule has 0 radical (unpaired) electrons. The van der Waals surface area contributed by atoms with Gasteiger partial charge < -0.3 is 14.7 Å². The van der Waals surface area contributed by atoms with Gasteiger partial charge in [-0.25, -0.2) is 8.78 Å². The van der Waals surface area contributed by atoms with Gasteiger partial charge in [0.25, 0.3) is 0 Å². The summed E-state index contributed by atoms with van der Waals surface area (Å²) < 4.78 is 26.7. The maximum absolute atomic E-state index is 13.3. The van der Waals surface area contributed by atoms with Gasteiger partial charge in [0, 0.05) is 17.1 Å². The number of hydrogen-bond acceptors (Lipinski definition) is 3. The Morgan fingerprint density at radius 1 is 0.519 bits per heavy atom. The zero-order chi connectivity index (χ0) is 18.8. The molecule has 0 aliphatic carbocycles. The summed E-state index contributed by atoms with van der Waals surface area (Å²) in [5, 5.41) is 0. The Labute approximate surface area is 158 Å². The molecule has 3 aromatic rings. The van der Waals surface area contributed by atoms with Crippen molar-refractivity contribution in [1.82, 2.24) is 0 Å². The quantitative estimate of drug-likeness (QED) is 0.648. The van der Waals surface area contributed by atoms with E-state index in [4.69, 9.17) is 0 Å². The molecule has 0 atom stereocenters. The lowest BCUT2D eigenvalue weighted by Gasteiger charge is -2.45. The van der Waals surface area contributed by atoms with Gasteiger partial charge in [-0.3, -0.25) is 0 Å². The maximum Gasteiger partial charge on any atom is 0.123 e. The Balaban J connectivity index is 1.66. The number of hydrogen-bond donors (Lipinski definition) is 0. The van der Waals surface area contributed by atoms with Crippen molar-refractivity contribution < 1.29 is 8.78 Å². The highest BCUT2D eigenvalue weighted by molar-refractivity contribution is 5.58. The van der Waals surface area contributed by atoms with Crippen molar-refractivity contribution in [3.63, 3.8) is 0 Å². The summed E-state index contributed by atoms with van der Waals surface area (Å²) in [5.74, 6) is -0.497. The number of anilines is 3. The summed E-state index contributed by atoms with van der Waals surface area (Å²) in [4.78, 5) is 6.59. The Kier molecular flexibility index (Phi) is 4.67. The first-order chi connectivity index (χ1) is 13.1. The summed E-state index contributed by atoms with van der Waals surface area (Å²) in [6, 6.07) is 21.4. The molecule has 27 heavy (non-hydrogen) atoms. The highest BCUT2D eigenvalue weighted by Crippen LogP contribution is 2.27. The Bertz CT molecular complexity index is 764. The second-order valence-electron chi connectivity index (χ2n) is 6.83. The van der Waals surface area contributed by atoms with Crippen molar-refractivity contribution in [1.29, 1.82) is 0 Å². The van der Waals surface area contributed by atoms with Crippen LogP contribution in [-0.4, -0.2) is 20.0 Å². The molecule has 0 saturated carbocycles. The van der Waals surface area contributed by atoms with Crippen LogP contribution in [0.2, 0.25) is 0 Å². The summed E-state index contributed by atoms with van der Waals surface area (Å²) in [7, 11) is 0. The van der Waals surface area contributed by atoms with E-state index < -0.39 is 0 Å². The van der Waals surface area contributed by atoms with Gasteiger partial charge in [-0.05, 0) is 67.6 Å². The van der Waals surface area contributed by atoms with Gasteiger partial charge in [-0.1, -0.05) is 17.7 Å². The fourth-order valence-electron chi connectivity index (χ4n) is 3.30. The number of nitrogens with zero attached hydrogens (tertiary/aromatic N) is 3. The van der Waals surface area contributed by atoms with Crippen LogP contribution in [0.25, 0.3) is 0 Å². The summed E-state index contributed by atoms with van der Waals surface area (Å²) >= 11 is 0. The Morgan fingerprint density at radius 3 is 1.15 bits per heavy atom. The van der Waals surface area contributed by atoms with Crippen LogP contribution in [0.15, 0.2) is 72.8 Å². The van der Waals surface area contributed by atoms with Gasteiger partial charge in [0.2, 0.25) is 0 Å². The van der Waals surface area contributed by atoms with Gasteiger partial charge in [0.15, 0.2) is 0 Å². The van der Waals surface area contributed by atoms with Crippen LogP contribution in [0.5, 0.6) is 0 Å². The van der Waals surface area contributed by atoms with E-state index in [0.717, 1.165) is 17.1 Å². The predicted molar refractivity (Wildman–Crippen MR) is 106 cm³/mol. The molecule has 1 aliphatic rings. The smallest absolute Gasteiger partial charge is 0.123 e. The first kappa shape index (κ1) is 17.3. The maximum atomic E-state index is 13.3. The molecule has 1 aliphatic heterocycles. The van der Waals surface area contributed by atoms with Gasteiger partial charge in [-0.15, -0.1) is 0 Å². The van der Waals surface area contributed by atoms with Crippen molar-refractivity contribution in [3.8, 4) is 0 Å². The van der Waals surface area contributed by atoms with Gasteiger partial charge in [0.1, 0.15) is 11.6 Å². The van der Waals surface area contributed by atoms with E-state index in [1.54, 1.807) is 24.3 Å².